The van der Waals surface area contributed by atoms with E-state index in [1.54, 1.807) is 6.07 Å². The van der Waals surface area contributed by atoms with E-state index < -0.39 is 11.8 Å². The quantitative estimate of drug-likeness (QED) is 0.793. The number of carbonyl (C=O) groups is 1. The molecule has 1 saturated carbocycles. The lowest BCUT2D eigenvalue weighted by atomic mass is 9.85. The normalized spacial score (nSPS) is 24.3. The van der Waals surface area contributed by atoms with Crippen LogP contribution in [0.4, 0.5) is 4.39 Å². The molecule has 0 aromatic heterocycles. The summed E-state index contributed by atoms with van der Waals surface area (Å²) < 4.78 is 13.0. The van der Waals surface area contributed by atoms with Crippen molar-refractivity contribution in [2.24, 2.45) is 5.92 Å². The van der Waals surface area contributed by atoms with Crippen LogP contribution in [0.15, 0.2) is 18.2 Å². The lowest BCUT2D eigenvalue weighted by Crippen LogP contribution is -2.37. The van der Waals surface area contributed by atoms with Crippen molar-refractivity contribution in [3.63, 3.8) is 0 Å². The smallest absolute Gasteiger partial charge is 0.306 e. The highest BCUT2D eigenvalue weighted by Crippen LogP contribution is 2.29. The number of carboxylic acids is 1. The Morgan fingerprint density at radius 1 is 1.45 bits per heavy atom. The standard InChI is InChI=1S/C15H20FNO3/c1-9(13-6-5-11(16)8-14(13)18)17-12-4-2-3-10(7-12)15(19)20/h5-6,8-10,12,17-18H,2-4,7H2,1H3,(H,19,20). The molecule has 1 aromatic carbocycles. The monoisotopic (exact) mass is 281 g/mol. The molecule has 0 saturated heterocycles. The highest BCUT2D eigenvalue weighted by atomic mass is 19.1. The number of phenolic OH excluding ortho intramolecular Hbond substituents is 1. The topological polar surface area (TPSA) is 69.6 Å². The van der Waals surface area contributed by atoms with Gasteiger partial charge in [0.25, 0.3) is 0 Å². The lowest BCUT2D eigenvalue weighted by Gasteiger charge is -2.30. The molecule has 1 aliphatic rings. The average Bonchev–Trinajstić information content (AvgIpc) is 2.38. The SMILES string of the molecule is CC(NC1CCCC(C(=O)O)C1)c1ccc(F)cc1O. The van der Waals surface area contributed by atoms with Crippen molar-refractivity contribution < 1.29 is 19.4 Å². The van der Waals surface area contributed by atoms with Gasteiger partial charge in [0.05, 0.1) is 5.92 Å². The summed E-state index contributed by atoms with van der Waals surface area (Å²) in [6.45, 7) is 1.89. The van der Waals surface area contributed by atoms with Gasteiger partial charge in [-0.25, -0.2) is 4.39 Å². The number of halogens is 1. The Bertz CT molecular complexity index is 492. The molecule has 0 bridgehead atoms. The number of aromatic hydroxyl groups is 1. The molecular formula is C15H20FNO3. The molecule has 0 spiro atoms. The maximum absolute atomic E-state index is 13.0. The van der Waals surface area contributed by atoms with Crippen LogP contribution >= 0.6 is 0 Å². The van der Waals surface area contributed by atoms with Crippen LogP contribution in [0.2, 0.25) is 0 Å². The molecule has 1 aliphatic carbocycles. The Balaban J connectivity index is 2.00. The first kappa shape index (κ1) is 14.8. The zero-order valence-electron chi connectivity index (χ0n) is 11.5. The van der Waals surface area contributed by atoms with Gasteiger partial charge in [0.15, 0.2) is 0 Å². The minimum Gasteiger partial charge on any atom is -0.508 e. The largest absolute Gasteiger partial charge is 0.508 e. The van der Waals surface area contributed by atoms with E-state index in [0.717, 1.165) is 25.3 Å². The van der Waals surface area contributed by atoms with E-state index in [1.807, 2.05) is 6.92 Å². The van der Waals surface area contributed by atoms with E-state index in [2.05, 4.69) is 5.32 Å². The first-order valence-electron chi connectivity index (χ1n) is 6.94. The zero-order valence-corrected chi connectivity index (χ0v) is 11.5. The summed E-state index contributed by atoms with van der Waals surface area (Å²) in [5.41, 5.74) is 0.629. The Morgan fingerprint density at radius 3 is 2.85 bits per heavy atom. The van der Waals surface area contributed by atoms with Gasteiger partial charge in [0.1, 0.15) is 11.6 Å². The van der Waals surface area contributed by atoms with Gasteiger partial charge in [-0.15, -0.1) is 0 Å². The maximum Gasteiger partial charge on any atom is 0.306 e. The zero-order chi connectivity index (χ0) is 14.7. The molecule has 0 aliphatic heterocycles. The Labute approximate surface area is 117 Å². The fourth-order valence-corrected chi connectivity index (χ4v) is 2.89. The Morgan fingerprint density at radius 2 is 2.20 bits per heavy atom. The minimum atomic E-state index is -0.742. The van der Waals surface area contributed by atoms with E-state index in [0.29, 0.717) is 12.0 Å². The first-order valence-corrected chi connectivity index (χ1v) is 6.94. The molecule has 5 heteroatoms. The van der Waals surface area contributed by atoms with Gasteiger partial charge < -0.3 is 15.5 Å². The van der Waals surface area contributed by atoms with Crippen molar-refractivity contribution in [2.75, 3.05) is 0 Å². The highest BCUT2D eigenvalue weighted by molar-refractivity contribution is 5.70. The van der Waals surface area contributed by atoms with Gasteiger partial charge >= 0.3 is 5.97 Å². The highest BCUT2D eigenvalue weighted by Gasteiger charge is 2.28. The third-order valence-corrected chi connectivity index (χ3v) is 3.97. The minimum absolute atomic E-state index is 0.0735. The number of nitrogens with one attached hydrogen (secondary N) is 1. The van der Waals surface area contributed by atoms with Crippen LogP contribution in [-0.4, -0.2) is 22.2 Å². The summed E-state index contributed by atoms with van der Waals surface area (Å²) in [5.74, 6) is -1.58. The van der Waals surface area contributed by atoms with Crippen molar-refractivity contribution in [1.82, 2.24) is 5.32 Å². The molecular weight excluding hydrogens is 261 g/mol. The van der Waals surface area contributed by atoms with Crippen LogP contribution in [0.25, 0.3) is 0 Å². The summed E-state index contributed by atoms with van der Waals surface area (Å²) in [6.07, 6.45) is 3.14. The molecule has 0 radical (unpaired) electrons. The number of carboxylic acid groups (broad SMARTS) is 1. The molecule has 1 aromatic rings. The fraction of sp³-hybridized carbons (Fsp3) is 0.533. The van der Waals surface area contributed by atoms with E-state index in [4.69, 9.17) is 5.11 Å². The van der Waals surface area contributed by atoms with Gasteiger partial charge in [-0.2, -0.15) is 0 Å². The summed E-state index contributed by atoms with van der Waals surface area (Å²) in [7, 11) is 0. The van der Waals surface area contributed by atoms with Crippen LogP contribution in [0.1, 0.15) is 44.2 Å². The summed E-state index contributed by atoms with van der Waals surface area (Å²) in [6, 6.07) is 3.93. The van der Waals surface area contributed by atoms with Crippen molar-refractivity contribution in [3.05, 3.63) is 29.6 Å². The second-order valence-corrected chi connectivity index (χ2v) is 5.49. The number of hydrogen-bond donors (Lipinski definition) is 3. The van der Waals surface area contributed by atoms with Gasteiger partial charge in [-0.1, -0.05) is 12.5 Å². The van der Waals surface area contributed by atoms with Gasteiger partial charge in [0, 0.05) is 23.7 Å². The molecule has 20 heavy (non-hydrogen) atoms. The number of aliphatic carboxylic acids is 1. The van der Waals surface area contributed by atoms with Crippen molar-refractivity contribution >= 4 is 5.97 Å². The first-order chi connectivity index (χ1) is 9.47. The second kappa shape index (κ2) is 6.22. The second-order valence-electron chi connectivity index (χ2n) is 5.49. The van der Waals surface area contributed by atoms with Crippen molar-refractivity contribution in [3.8, 4) is 5.75 Å². The third kappa shape index (κ3) is 3.48. The van der Waals surface area contributed by atoms with E-state index in [1.165, 1.54) is 6.07 Å². The van der Waals surface area contributed by atoms with Gasteiger partial charge in [-0.3, -0.25) is 4.79 Å². The average molecular weight is 281 g/mol. The molecule has 0 amide bonds. The van der Waals surface area contributed by atoms with Crippen LogP contribution in [-0.2, 0) is 4.79 Å². The van der Waals surface area contributed by atoms with E-state index in [9.17, 15) is 14.3 Å². The lowest BCUT2D eigenvalue weighted by molar-refractivity contribution is -0.143. The van der Waals surface area contributed by atoms with Gasteiger partial charge in [-0.05, 0) is 32.3 Å². The van der Waals surface area contributed by atoms with Crippen molar-refractivity contribution in [1.29, 1.82) is 0 Å². The maximum atomic E-state index is 13.0. The van der Waals surface area contributed by atoms with Crippen LogP contribution in [0.3, 0.4) is 0 Å². The number of hydrogen-bond acceptors (Lipinski definition) is 3. The summed E-state index contributed by atoms with van der Waals surface area (Å²) in [4.78, 5) is 11.0. The summed E-state index contributed by atoms with van der Waals surface area (Å²) >= 11 is 0. The predicted molar refractivity (Wildman–Crippen MR) is 73.0 cm³/mol. The molecule has 3 N–H and O–H groups in total. The van der Waals surface area contributed by atoms with E-state index >= 15 is 0 Å². The number of phenols is 1. The summed E-state index contributed by atoms with van der Waals surface area (Å²) in [5, 5.41) is 22.2. The molecule has 4 nitrogen and oxygen atoms in total. The molecule has 3 unspecified atom stereocenters. The fourth-order valence-electron chi connectivity index (χ4n) is 2.89. The van der Waals surface area contributed by atoms with Crippen molar-refractivity contribution in [2.45, 2.75) is 44.7 Å². The predicted octanol–water partition coefficient (Wildman–Crippen LogP) is 2.83. The van der Waals surface area contributed by atoms with Crippen LogP contribution in [0, 0.1) is 11.7 Å². The van der Waals surface area contributed by atoms with E-state index in [-0.39, 0.29) is 23.8 Å². The molecule has 2 rings (SSSR count). The number of benzene rings is 1. The Kier molecular flexibility index (Phi) is 4.60. The van der Waals surface area contributed by atoms with Crippen LogP contribution < -0.4 is 5.32 Å². The molecule has 3 atom stereocenters. The molecule has 0 heterocycles. The Hall–Kier alpha value is -1.62. The third-order valence-electron chi connectivity index (χ3n) is 3.97. The van der Waals surface area contributed by atoms with Crippen LogP contribution in [0.5, 0.6) is 5.75 Å². The van der Waals surface area contributed by atoms with Gasteiger partial charge in [0.2, 0.25) is 0 Å². The molecule has 1 fully saturated rings. The number of rotatable bonds is 4. The molecule has 110 valence electrons.